The van der Waals surface area contributed by atoms with E-state index in [0.29, 0.717) is 22.8 Å². The highest BCUT2D eigenvalue weighted by molar-refractivity contribution is 6.17. The summed E-state index contributed by atoms with van der Waals surface area (Å²) in [6, 6.07) is 3.22. The van der Waals surface area contributed by atoms with Crippen LogP contribution in [0.3, 0.4) is 0 Å². The molecule has 0 unspecified atom stereocenters. The zero-order valence-electron chi connectivity index (χ0n) is 15.9. The molecule has 0 amide bonds. The summed E-state index contributed by atoms with van der Waals surface area (Å²) in [5, 5.41) is 3.96. The molecular formula is C18H23NO8. The Morgan fingerprint density at radius 1 is 0.963 bits per heavy atom. The van der Waals surface area contributed by atoms with E-state index in [1.807, 2.05) is 0 Å². The van der Waals surface area contributed by atoms with E-state index in [-0.39, 0.29) is 18.9 Å². The Hall–Kier alpha value is -2.97. The summed E-state index contributed by atoms with van der Waals surface area (Å²) < 4.78 is 26.1. The van der Waals surface area contributed by atoms with Gasteiger partial charge in [0.05, 0.1) is 40.1 Å². The minimum atomic E-state index is -1.25. The first-order chi connectivity index (χ1) is 13.0. The van der Waals surface area contributed by atoms with Crippen LogP contribution in [0.15, 0.2) is 17.3 Å². The largest absolute Gasteiger partial charge is 0.496 e. The zero-order valence-corrected chi connectivity index (χ0v) is 15.9. The second-order valence-corrected chi connectivity index (χ2v) is 5.39. The van der Waals surface area contributed by atoms with E-state index in [1.54, 1.807) is 26.0 Å². The Balaban J connectivity index is 2.55. The highest BCUT2D eigenvalue weighted by Gasteiger charge is 2.48. The molecule has 1 aromatic rings. The molecule has 27 heavy (non-hydrogen) atoms. The monoisotopic (exact) mass is 381 g/mol. The Labute approximate surface area is 157 Å². The van der Waals surface area contributed by atoms with Crippen molar-refractivity contribution in [3.8, 4) is 17.2 Å². The van der Waals surface area contributed by atoms with Gasteiger partial charge in [-0.05, 0) is 13.8 Å². The highest BCUT2D eigenvalue weighted by Crippen LogP contribution is 2.39. The number of carbonyl (C=O) groups excluding carboxylic acids is 2. The van der Waals surface area contributed by atoms with Crippen LogP contribution in [-0.4, -0.2) is 58.3 Å². The topological polar surface area (TPSA) is 102 Å². The first-order valence-electron chi connectivity index (χ1n) is 8.39. The summed E-state index contributed by atoms with van der Waals surface area (Å²) in [5.74, 6) is -1.33. The van der Waals surface area contributed by atoms with Crippen molar-refractivity contribution in [1.82, 2.24) is 0 Å². The van der Waals surface area contributed by atoms with Crippen LogP contribution in [0, 0.1) is 5.92 Å². The summed E-state index contributed by atoms with van der Waals surface area (Å²) >= 11 is 0. The summed E-state index contributed by atoms with van der Waals surface area (Å²) in [4.78, 5) is 30.1. The molecule has 0 saturated carbocycles. The fourth-order valence-corrected chi connectivity index (χ4v) is 2.70. The molecule has 0 spiro atoms. The molecule has 1 aliphatic rings. The lowest BCUT2D eigenvalue weighted by Gasteiger charge is -2.19. The maximum absolute atomic E-state index is 12.6. The van der Waals surface area contributed by atoms with Gasteiger partial charge in [-0.3, -0.25) is 4.79 Å². The van der Waals surface area contributed by atoms with Crippen molar-refractivity contribution in [2.75, 3.05) is 34.5 Å². The molecule has 9 nitrogen and oxygen atoms in total. The summed E-state index contributed by atoms with van der Waals surface area (Å²) in [6.07, 6.45) is -1.25. The van der Waals surface area contributed by atoms with Crippen molar-refractivity contribution < 1.29 is 38.1 Å². The number of hydrogen-bond acceptors (Lipinski definition) is 9. The molecule has 1 heterocycles. The fraction of sp³-hybridized carbons (Fsp3) is 0.500. The number of rotatable bonds is 8. The molecule has 0 aromatic heterocycles. The Morgan fingerprint density at radius 2 is 1.52 bits per heavy atom. The van der Waals surface area contributed by atoms with E-state index in [9.17, 15) is 9.59 Å². The lowest BCUT2D eigenvalue weighted by Crippen LogP contribution is -2.39. The Kier molecular flexibility index (Phi) is 6.86. The third-order valence-corrected chi connectivity index (χ3v) is 3.89. The van der Waals surface area contributed by atoms with Crippen LogP contribution < -0.4 is 14.2 Å². The average Bonchev–Trinajstić information content (AvgIpc) is 3.11. The summed E-state index contributed by atoms with van der Waals surface area (Å²) in [7, 11) is 4.41. The Morgan fingerprint density at radius 3 is 2.00 bits per heavy atom. The van der Waals surface area contributed by atoms with Crippen molar-refractivity contribution in [3.63, 3.8) is 0 Å². The van der Waals surface area contributed by atoms with Gasteiger partial charge in [0.2, 0.25) is 6.10 Å². The van der Waals surface area contributed by atoms with Crippen LogP contribution in [0.4, 0.5) is 0 Å². The van der Waals surface area contributed by atoms with Crippen LogP contribution in [0.1, 0.15) is 19.4 Å². The normalized spacial score (nSPS) is 18.2. The van der Waals surface area contributed by atoms with Gasteiger partial charge in [0, 0.05) is 12.1 Å². The quantitative estimate of drug-likeness (QED) is 0.625. The second-order valence-electron chi connectivity index (χ2n) is 5.39. The Bertz CT molecular complexity index is 705. The van der Waals surface area contributed by atoms with Crippen molar-refractivity contribution in [2.45, 2.75) is 20.0 Å². The number of nitrogens with zero attached hydrogens (tertiary/aromatic N) is 1. The molecule has 148 valence electrons. The van der Waals surface area contributed by atoms with E-state index in [1.165, 1.54) is 21.3 Å². The van der Waals surface area contributed by atoms with Crippen LogP contribution in [0.2, 0.25) is 0 Å². The molecule has 2 atom stereocenters. The minimum Gasteiger partial charge on any atom is -0.496 e. The van der Waals surface area contributed by atoms with Gasteiger partial charge in [-0.1, -0.05) is 5.16 Å². The van der Waals surface area contributed by atoms with E-state index < -0.39 is 24.0 Å². The van der Waals surface area contributed by atoms with Crippen LogP contribution >= 0.6 is 0 Å². The van der Waals surface area contributed by atoms with Gasteiger partial charge in [-0.2, -0.15) is 0 Å². The van der Waals surface area contributed by atoms with Gasteiger partial charge in [-0.15, -0.1) is 0 Å². The molecule has 9 heteroatoms. The molecule has 0 radical (unpaired) electrons. The first-order valence-corrected chi connectivity index (χ1v) is 8.39. The summed E-state index contributed by atoms with van der Waals surface area (Å²) in [5.41, 5.74) is 0.522. The number of methoxy groups -OCH3 is 3. The molecule has 0 aliphatic carbocycles. The molecule has 1 aliphatic heterocycles. The van der Waals surface area contributed by atoms with Crippen LogP contribution in [0.25, 0.3) is 0 Å². The van der Waals surface area contributed by atoms with E-state index >= 15 is 0 Å². The summed E-state index contributed by atoms with van der Waals surface area (Å²) in [6.45, 7) is 3.59. The number of benzene rings is 1. The van der Waals surface area contributed by atoms with Gasteiger partial charge in [0.1, 0.15) is 23.0 Å². The van der Waals surface area contributed by atoms with Gasteiger partial charge < -0.3 is 28.5 Å². The van der Waals surface area contributed by atoms with Gasteiger partial charge in [0.25, 0.3) is 0 Å². The number of carbonyl (C=O) groups is 2. The van der Waals surface area contributed by atoms with Crippen molar-refractivity contribution in [1.29, 1.82) is 0 Å². The average molecular weight is 381 g/mol. The van der Waals surface area contributed by atoms with Gasteiger partial charge >= 0.3 is 11.9 Å². The zero-order chi connectivity index (χ0) is 20.0. The molecule has 0 saturated heterocycles. The van der Waals surface area contributed by atoms with E-state index in [2.05, 4.69) is 5.16 Å². The SMILES string of the molecule is CCOC(=O)[C@H]1C(c2c(OC)cc(OC)cc2OC)=NO[C@@H]1C(=O)OCC. The first kappa shape index (κ1) is 20.3. The number of oxime groups is 1. The van der Waals surface area contributed by atoms with Crippen molar-refractivity contribution in [2.24, 2.45) is 11.1 Å². The molecule has 0 fully saturated rings. The lowest BCUT2D eigenvalue weighted by atomic mass is 9.91. The van der Waals surface area contributed by atoms with E-state index in [0.717, 1.165) is 0 Å². The predicted octanol–water partition coefficient (Wildman–Crippen LogP) is 1.56. The molecule has 1 aromatic carbocycles. The van der Waals surface area contributed by atoms with Gasteiger partial charge in [0.15, 0.2) is 5.92 Å². The molecule has 2 rings (SSSR count). The highest BCUT2D eigenvalue weighted by atomic mass is 16.7. The van der Waals surface area contributed by atoms with Crippen LogP contribution in [0.5, 0.6) is 17.2 Å². The molecule has 0 N–H and O–H groups in total. The maximum Gasteiger partial charge on any atom is 0.351 e. The fourth-order valence-electron chi connectivity index (χ4n) is 2.70. The molecule has 0 bridgehead atoms. The van der Waals surface area contributed by atoms with Gasteiger partial charge in [-0.25, -0.2) is 4.79 Å². The van der Waals surface area contributed by atoms with E-state index in [4.69, 9.17) is 28.5 Å². The maximum atomic E-state index is 12.6. The number of hydrogen-bond donors (Lipinski definition) is 0. The standard InChI is InChI=1S/C18H23NO8/c1-6-25-17(20)14-15(19-27-16(14)18(21)26-7-2)13-11(23-4)8-10(22-3)9-12(13)24-5/h8-9,14,16H,6-7H2,1-5H3/t14-,16-/m0/s1. The number of esters is 2. The smallest absolute Gasteiger partial charge is 0.351 e. The third-order valence-electron chi connectivity index (χ3n) is 3.89. The van der Waals surface area contributed by atoms with Crippen molar-refractivity contribution in [3.05, 3.63) is 17.7 Å². The van der Waals surface area contributed by atoms with Crippen LogP contribution in [-0.2, 0) is 23.9 Å². The van der Waals surface area contributed by atoms with Crippen molar-refractivity contribution >= 4 is 17.7 Å². The molecular weight excluding hydrogens is 358 g/mol. The predicted molar refractivity (Wildman–Crippen MR) is 94.3 cm³/mol. The lowest BCUT2D eigenvalue weighted by molar-refractivity contribution is -0.164. The second kappa shape index (κ2) is 9.11. The number of ether oxygens (including phenoxy) is 5. The minimum absolute atomic E-state index is 0.134. The third kappa shape index (κ3) is 4.07.